The fourth-order valence-corrected chi connectivity index (χ4v) is 1.79. The lowest BCUT2D eigenvalue weighted by atomic mass is 10.1. The predicted molar refractivity (Wildman–Crippen MR) is 79.2 cm³/mol. The van der Waals surface area contributed by atoms with E-state index in [1.807, 2.05) is 0 Å². The minimum absolute atomic E-state index is 0.0200. The van der Waals surface area contributed by atoms with E-state index in [1.54, 1.807) is 30.3 Å². The number of esters is 1. The third-order valence-electron chi connectivity index (χ3n) is 2.84. The third kappa shape index (κ3) is 3.54. The summed E-state index contributed by atoms with van der Waals surface area (Å²) in [5, 5.41) is 2.47. The van der Waals surface area contributed by atoms with Crippen LogP contribution in [0, 0.1) is 0 Å². The van der Waals surface area contributed by atoms with Crippen LogP contribution in [0.15, 0.2) is 52.8 Å². The van der Waals surface area contributed by atoms with Crippen molar-refractivity contribution in [1.29, 1.82) is 0 Å². The number of hydrogen-bond acceptors (Lipinski definition) is 5. The lowest BCUT2D eigenvalue weighted by Crippen LogP contribution is -2.27. The van der Waals surface area contributed by atoms with Gasteiger partial charge in [-0.25, -0.2) is 4.79 Å². The molecule has 0 saturated carbocycles. The Morgan fingerprint density at radius 2 is 1.91 bits per heavy atom. The Bertz CT molecular complexity index is 688. The second kappa shape index (κ2) is 7.12. The summed E-state index contributed by atoms with van der Waals surface area (Å²) in [5.41, 5.74) is 0.610. The zero-order chi connectivity index (χ0) is 15.9. The molecule has 1 amide bonds. The minimum Gasteiger partial charge on any atom is -0.496 e. The van der Waals surface area contributed by atoms with Gasteiger partial charge in [-0.05, 0) is 24.3 Å². The molecule has 0 unspecified atom stereocenters. The highest BCUT2D eigenvalue weighted by Crippen LogP contribution is 2.20. The average molecular weight is 301 g/mol. The van der Waals surface area contributed by atoms with Crippen LogP contribution in [-0.2, 0) is 9.53 Å². The van der Waals surface area contributed by atoms with Crippen LogP contribution in [0.4, 0.5) is 0 Å². The summed E-state index contributed by atoms with van der Waals surface area (Å²) in [7, 11) is 2.75. The number of furan rings is 1. The van der Waals surface area contributed by atoms with Crippen molar-refractivity contribution in [3.05, 3.63) is 59.7 Å². The standard InChI is InChI=1S/C16H15NO5/c1-20-13-7-4-3-6-11(13)10-12(16(19)21-2)17-15(18)14-8-5-9-22-14/h3-10H,1-2H3,(H,17,18). The van der Waals surface area contributed by atoms with Crippen LogP contribution in [0.25, 0.3) is 6.08 Å². The number of nitrogens with one attached hydrogen (secondary N) is 1. The number of para-hydroxylation sites is 1. The van der Waals surface area contributed by atoms with E-state index < -0.39 is 11.9 Å². The van der Waals surface area contributed by atoms with Crippen molar-refractivity contribution < 1.29 is 23.5 Å². The average Bonchev–Trinajstić information content (AvgIpc) is 3.08. The second-order valence-corrected chi connectivity index (χ2v) is 4.22. The van der Waals surface area contributed by atoms with E-state index in [1.165, 1.54) is 32.6 Å². The summed E-state index contributed by atoms with van der Waals surface area (Å²) in [5.74, 6) is -0.562. The Hall–Kier alpha value is -3.02. The summed E-state index contributed by atoms with van der Waals surface area (Å²) in [6.07, 6.45) is 2.85. The molecule has 1 aromatic carbocycles. The number of carbonyl (C=O) groups excluding carboxylic acids is 2. The minimum atomic E-state index is -0.675. The van der Waals surface area contributed by atoms with Crippen molar-refractivity contribution >= 4 is 18.0 Å². The number of rotatable bonds is 5. The smallest absolute Gasteiger partial charge is 0.354 e. The van der Waals surface area contributed by atoms with Crippen molar-refractivity contribution in [3.63, 3.8) is 0 Å². The van der Waals surface area contributed by atoms with Gasteiger partial charge in [0.15, 0.2) is 5.76 Å². The highest BCUT2D eigenvalue weighted by molar-refractivity contribution is 6.02. The Kier molecular flexibility index (Phi) is 4.98. The lowest BCUT2D eigenvalue weighted by Gasteiger charge is -2.09. The molecular weight excluding hydrogens is 286 g/mol. The van der Waals surface area contributed by atoms with Gasteiger partial charge in [-0.3, -0.25) is 4.79 Å². The zero-order valence-corrected chi connectivity index (χ0v) is 12.2. The predicted octanol–water partition coefficient (Wildman–Crippen LogP) is 2.23. The van der Waals surface area contributed by atoms with Gasteiger partial charge in [-0.1, -0.05) is 18.2 Å². The molecule has 0 atom stereocenters. The van der Waals surface area contributed by atoms with Crippen molar-refractivity contribution in [2.75, 3.05) is 14.2 Å². The van der Waals surface area contributed by atoms with Gasteiger partial charge in [0.05, 0.1) is 20.5 Å². The maximum absolute atomic E-state index is 12.0. The van der Waals surface area contributed by atoms with Crippen LogP contribution in [0.5, 0.6) is 5.75 Å². The van der Waals surface area contributed by atoms with Crippen LogP contribution < -0.4 is 10.1 Å². The van der Waals surface area contributed by atoms with Crippen molar-refractivity contribution in [2.24, 2.45) is 0 Å². The zero-order valence-electron chi connectivity index (χ0n) is 12.2. The van der Waals surface area contributed by atoms with E-state index >= 15 is 0 Å². The number of carbonyl (C=O) groups is 2. The summed E-state index contributed by atoms with van der Waals surface area (Å²) in [4.78, 5) is 23.8. The Morgan fingerprint density at radius 3 is 2.55 bits per heavy atom. The van der Waals surface area contributed by atoms with Gasteiger partial charge < -0.3 is 19.2 Å². The Labute approximate surface area is 127 Å². The molecule has 1 heterocycles. The molecule has 0 saturated heterocycles. The molecule has 0 radical (unpaired) electrons. The normalized spacial score (nSPS) is 10.9. The molecule has 114 valence electrons. The number of methoxy groups -OCH3 is 2. The van der Waals surface area contributed by atoms with E-state index in [4.69, 9.17) is 9.15 Å². The van der Waals surface area contributed by atoms with E-state index in [2.05, 4.69) is 10.1 Å². The molecule has 22 heavy (non-hydrogen) atoms. The molecule has 6 nitrogen and oxygen atoms in total. The number of amides is 1. The fraction of sp³-hybridized carbons (Fsp3) is 0.125. The summed E-state index contributed by atoms with van der Waals surface area (Å²) in [6.45, 7) is 0. The summed E-state index contributed by atoms with van der Waals surface area (Å²) < 4.78 is 14.9. The van der Waals surface area contributed by atoms with Crippen molar-refractivity contribution in [2.45, 2.75) is 0 Å². The molecule has 0 fully saturated rings. The van der Waals surface area contributed by atoms with E-state index in [9.17, 15) is 9.59 Å². The Balaban J connectivity index is 2.32. The van der Waals surface area contributed by atoms with E-state index in [-0.39, 0.29) is 11.5 Å². The third-order valence-corrected chi connectivity index (χ3v) is 2.84. The van der Waals surface area contributed by atoms with Crippen LogP contribution in [-0.4, -0.2) is 26.1 Å². The number of ether oxygens (including phenoxy) is 2. The molecule has 0 spiro atoms. The first-order valence-corrected chi connectivity index (χ1v) is 6.43. The summed E-state index contributed by atoms with van der Waals surface area (Å²) in [6, 6.07) is 10.2. The Morgan fingerprint density at radius 1 is 1.14 bits per heavy atom. The molecule has 2 rings (SSSR count). The second-order valence-electron chi connectivity index (χ2n) is 4.22. The van der Waals surface area contributed by atoms with Gasteiger partial charge in [-0.2, -0.15) is 0 Å². The van der Waals surface area contributed by atoms with E-state index in [0.717, 1.165) is 0 Å². The molecule has 0 aliphatic carbocycles. The lowest BCUT2D eigenvalue weighted by molar-refractivity contribution is -0.136. The maximum atomic E-state index is 12.0. The van der Waals surface area contributed by atoms with Gasteiger partial charge in [0, 0.05) is 5.56 Å². The van der Waals surface area contributed by atoms with Gasteiger partial charge in [0.1, 0.15) is 11.4 Å². The van der Waals surface area contributed by atoms with Crippen molar-refractivity contribution in [1.82, 2.24) is 5.32 Å². The monoisotopic (exact) mass is 301 g/mol. The molecule has 6 heteroatoms. The quantitative estimate of drug-likeness (QED) is 0.677. The highest BCUT2D eigenvalue weighted by atomic mass is 16.5. The maximum Gasteiger partial charge on any atom is 0.354 e. The van der Waals surface area contributed by atoms with Gasteiger partial charge in [0.25, 0.3) is 5.91 Å². The van der Waals surface area contributed by atoms with E-state index in [0.29, 0.717) is 11.3 Å². The SMILES string of the molecule is COC(=O)C(=Cc1ccccc1OC)NC(=O)c1ccco1. The topological polar surface area (TPSA) is 77.8 Å². The molecule has 1 aromatic heterocycles. The van der Waals surface area contributed by atoms with Gasteiger partial charge in [0.2, 0.25) is 0 Å². The van der Waals surface area contributed by atoms with Crippen LogP contribution in [0.1, 0.15) is 16.1 Å². The van der Waals surface area contributed by atoms with Gasteiger partial charge in [-0.15, -0.1) is 0 Å². The largest absolute Gasteiger partial charge is 0.496 e. The first-order valence-electron chi connectivity index (χ1n) is 6.43. The summed E-state index contributed by atoms with van der Waals surface area (Å²) >= 11 is 0. The molecule has 2 aromatic rings. The van der Waals surface area contributed by atoms with Crippen molar-refractivity contribution in [3.8, 4) is 5.75 Å². The van der Waals surface area contributed by atoms with Gasteiger partial charge >= 0.3 is 5.97 Å². The fourth-order valence-electron chi connectivity index (χ4n) is 1.79. The highest BCUT2D eigenvalue weighted by Gasteiger charge is 2.17. The van der Waals surface area contributed by atoms with Crippen LogP contribution in [0.2, 0.25) is 0 Å². The number of hydrogen-bond donors (Lipinski definition) is 1. The first kappa shape index (κ1) is 15.4. The first-order chi connectivity index (χ1) is 10.7. The molecule has 1 N–H and O–H groups in total. The van der Waals surface area contributed by atoms with Crippen LogP contribution in [0.3, 0.4) is 0 Å². The number of benzene rings is 1. The van der Waals surface area contributed by atoms with Crippen LogP contribution >= 0.6 is 0 Å². The molecular formula is C16H15NO5. The molecule has 0 aliphatic rings. The molecule has 0 aliphatic heterocycles. The molecule has 0 bridgehead atoms.